The number of carboxylic acid groups (broad SMARTS) is 1. The Morgan fingerprint density at radius 1 is 1.08 bits per heavy atom. The fourth-order valence-electron chi connectivity index (χ4n) is 3.16. The van der Waals surface area contributed by atoms with E-state index in [0.29, 0.717) is 11.5 Å². The van der Waals surface area contributed by atoms with Gasteiger partial charge in [0.2, 0.25) is 6.79 Å². The van der Waals surface area contributed by atoms with Gasteiger partial charge in [0.15, 0.2) is 11.5 Å². The number of hydrogen-bond donors (Lipinski definition) is 2. The molecule has 132 valence electrons. The molecule has 25 heavy (non-hydrogen) atoms. The number of fused-ring (bicyclic) bond motifs is 1. The monoisotopic (exact) mass is 358 g/mol. The minimum Gasteiger partial charge on any atom is -0.480 e. The van der Waals surface area contributed by atoms with E-state index in [1.165, 1.54) is 5.56 Å². The Labute approximate surface area is 153 Å². The summed E-state index contributed by atoms with van der Waals surface area (Å²) < 4.78 is 10.7. The molecule has 0 radical (unpaired) electrons. The van der Waals surface area contributed by atoms with Crippen LogP contribution in [-0.2, 0) is 11.2 Å². The van der Waals surface area contributed by atoms with Crippen LogP contribution in [0.15, 0.2) is 48.5 Å². The van der Waals surface area contributed by atoms with Gasteiger partial charge in [-0.15, -0.1) is 0 Å². The van der Waals surface area contributed by atoms with Gasteiger partial charge in [0.1, 0.15) is 5.25 Å². The maximum atomic E-state index is 11.5. The van der Waals surface area contributed by atoms with Crippen molar-refractivity contribution in [3.8, 4) is 11.5 Å². The van der Waals surface area contributed by atoms with Crippen LogP contribution in [0.2, 0.25) is 0 Å². The molecule has 0 fully saturated rings. The van der Waals surface area contributed by atoms with Gasteiger partial charge in [-0.05, 0) is 42.5 Å². The van der Waals surface area contributed by atoms with E-state index in [1.54, 1.807) is 0 Å². The second-order valence-electron chi connectivity index (χ2n) is 6.23. The summed E-state index contributed by atoms with van der Waals surface area (Å²) in [4.78, 5) is 11.5. The van der Waals surface area contributed by atoms with E-state index in [1.807, 2.05) is 36.4 Å². The van der Waals surface area contributed by atoms with Crippen molar-refractivity contribution in [2.75, 3.05) is 6.79 Å². The van der Waals surface area contributed by atoms with E-state index in [9.17, 15) is 9.90 Å². The molecule has 0 amide bonds. The lowest BCUT2D eigenvalue weighted by atomic mass is 9.89. The van der Waals surface area contributed by atoms with E-state index < -0.39 is 11.2 Å². The Hall–Kier alpha value is -2.14. The fraction of sp³-hybridized carbons (Fsp3) is 0.350. The highest BCUT2D eigenvalue weighted by Crippen LogP contribution is 2.38. The van der Waals surface area contributed by atoms with Crippen LogP contribution in [0.4, 0.5) is 0 Å². The first-order valence-electron chi connectivity index (χ1n) is 8.49. The smallest absolute Gasteiger partial charge is 0.316 e. The highest BCUT2D eigenvalue weighted by molar-refractivity contribution is 7.81. The molecule has 2 atom stereocenters. The SMILES string of the molecule is O=C(O)C(S)C(CCCCc1ccccc1)c1ccc2c(c1)OCO2. The van der Waals surface area contributed by atoms with E-state index in [2.05, 4.69) is 24.8 Å². The third-order valence-electron chi connectivity index (χ3n) is 4.53. The molecule has 2 aromatic carbocycles. The summed E-state index contributed by atoms with van der Waals surface area (Å²) in [5.74, 6) is 0.329. The Bertz CT molecular complexity index is 717. The zero-order chi connectivity index (χ0) is 17.6. The first-order chi connectivity index (χ1) is 12.1. The third kappa shape index (κ3) is 4.48. The van der Waals surface area contributed by atoms with Crippen LogP contribution in [-0.4, -0.2) is 23.1 Å². The second kappa shape index (κ2) is 8.30. The van der Waals surface area contributed by atoms with Crippen LogP contribution in [0.1, 0.15) is 36.3 Å². The van der Waals surface area contributed by atoms with Gasteiger partial charge in [-0.2, -0.15) is 12.6 Å². The minimum absolute atomic E-state index is 0.161. The summed E-state index contributed by atoms with van der Waals surface area (Å²) in [6.45, 7) is 0.212. The number of aryl methyl sites for hydroxylation is 1. The third-order valence-corrected chi connectivity index (χ3v) is 5.11. The summed E-state index contributed by atoms with van der Waals surface area (Å²) in [5, 5.41) is 8.67. The van der Waals surface area contributed by atoms with E-state index in [-0.39, 0.29) is 12.7 Å². The van der Waals surface area contributed by atoms with Crippen molar-refractivity contribution in [3.63, 3.8) is 0 Å². The number of benzene rings is 2. The number of ether oxygens (including phenoxy) is 2. The molecule has 1 heterocycles. The number of rotatable bonds is 8. The van der Waals surface area contributed by atoms with Crippen molar-refractivity contribution < 1.29 is 19.4 Å². The molecule has 0 aliphatic carbocycles. The van der Waals surface area contributed by atoms with Crippen LogP contribution in [0.25, 0.3) is 0 Å². The van der Waals surface area contributed by atoms with Crippen molar-refractivity contribution in [2.24, 2.45) is 0 Å². The van der Waals surface area contributed by atoms with E-state index in [4.69, 9.17) is 9.47 Å². The summed E-state index contributed by atoms with van der Waals surface area (Å²) in [6, 6.07) is 16.0. The standard InChI is InChI=1S/C20H22O4S/c21-20(22)19(25)16(9-5-4-8-14-6-2-1-3-7-14)15-10-11-17-18(12-15)24-13-23-17/h1-3,6-7,10-12,16,19,25H,4-5,8-9,13H2,(H,21,22). The predicted octanol–water partition coefficient (Wildman–Crippen LogP) is 4.29. The molecule has 0 saturated carbocycles. The van der Waals surface area contributed by atoms with Gasteiger partial charge in [-0.3, -0.25) is 4.79 Å². The molecule has 2 aromatic rings. The molecule has 0 spiro atoms. The summed E-state index contributed by atoms with van der Waals surface area (Å²) >= 11 is 4.34. The second-order valence-corrected chi connectivity index (χ2v) is 6.79. The van der Waals surface area contributed by atoms with Crippen LogP contribution in [0, 0.1) is 0 Å². The quantitative estimate of drug-likeness (QED) is 0.546. The molecule has 2 unspecified atom stereocenters. The normalized spacial score (nSPS) is 14.9. The summed E-state index contributed by atoms with van der Waals surface area (Å²) in [7, 11) is 0. The van der Waals surface area contributed by atoms with Crippen LogP contribution >= 0.6 is 12.6 Å². The molecule has 1 aliphatic heterocycles. The predicted molar refractivity (Wildman–Crippen MR) is 99.7 cm³/mol. The number of thiol groups is 1. The first kappa shape index (κ1) is 17.7. The summed E-state index contributed by atoms with van der Waals surface area (Å²) in [6.07, 6.45) is 3.73. The van der Waals surface area contributed by atoms with Crippen LogP contribution in [0.5, 0.6) is 11.5 Å². The highest BCUT2D eigenvalue weighted by Gasteiger charge is 2.27. The number of carbonyl (C=O) groups is 1. The molecule has 0 aromatic heterocycles. The molecule has 4 nitrogen and oxygen atoms in total. The average Bonchev–Trinajstić information content (AvgIpc) is 3.09. The zero-order valence-electron chi connectivity index (χ0n) is 13.9. The molecule has 5 heteroatoms. The van der Waals surface area contributed by atoms with Gasteiger partial charge in [0.25, 0.3) is 0 Å². The van der Waals surface area contributed by atoms with Gasteiger partial charge >= 0.3 is 5.97 Å². The minimum atomic E-state index is -0.894. The summed E-state index contributed by atoms with van der Waals surface area (Å²) in [5.41, 5.74) is 2.24. The highest BCUT2D eigenvalue weighted by atomic mass is 32.1. The van der Waals surface area contributed by atoms with Crippen molar-refractivity contribution in [2.45, 2.75) is 36.9 Å². The Balaban J connectivity index is 1.64. The lowest BCUT2D eigenvalue weighted by Crippen LogP contribution is -2.22. The van der Waals surface area contributed by atoms with Gasteiger partial charge in [0, 0.05) is 5.92 Å². The molecule has 1 aliphatic rings. The molecule has 1 N–H and O–H groups in total. The maximum Gasteiger partial charge on any atom is 0.316 e. The Morgan fingerprint density at radius 3 is 2.60 bits per heavy atom. The van der Waals surface area contributed by atoms with Gasteiger partial charge in [0.05, 0.1) is 0 Å². The number of hydrogen-bond acceptors (Lipinski definition) is 4. The maximum absolute atomic E-state index is 11.5. The lowest BCUT2D eigenvalue weighted by Gasteiger charge is -2.21. The first-order valence-corrected chi connectivity index (χ1v) is 9.01. The van der Waals surface area contributed by atoms with Crippen LogP contribution < -0.4 is 9.47 Å². The molecular weight excluding hydrogens is 336 g/mol. The molecule has 0 bridgehead atoms. The molecule has 0 saturated heterocycles. The van der Waals surface area contributed by atoms with Gasteiger partial charge < -0.3 is 14.6 Å². The van der Waals surface area contributed by atoms with Crippen molar-refractivity contribution >= 4 is 18.6 Å². The zero-order valence-corrected chi connectivity index (χ0v) is 14.8. The van der Waals surface area contributed by atoms with Crippen molar-refractivity contribution in [1.82, 2.24) is 0 Å². The fourth-order valence-corrected chi connectivity index (χ4v) is 3.48. The Kier molecular flexibility index (Phi) is 5.87. The van der Waals surface area contributed by atoms with Crippen molar-refractivity contribution in [1.29, 1.82) is 0 Å². The van der Waals surface area contributed by atoms with Gasteiger partial charge in [-0.1, -0.05) is 42.8 Å². The van der Waals surface area contributed by atoms with E-state index in [0.717, 1.165) is 31.2 Å². The van der Waals surface area contributed by atoms with Crippen molar-refractivity contribution in [3.05, 3.63) is 59.7 Å². The topological polar surface area (TPSA) is 55.8 Å². The van der Waals surface area contributed by atoms with Crippen LogP contribution in [0.3, 0.4) is 0 Å². The van der Waals surface area contributed by atoms with Gasteiger partial charge in [-0.25, -0.2) is 0 Å². The average molecular weight is 358 g/mol. The largest absolute Gasteiger partial charge is 0.480 e. The van der Waals surface area contributed by atoms with E-state index >= 15 is 0 Å². The number of unbranched alkanes of at least 4 members (excludes halogenated alkanes) is 1. The molecular formula is C20H22O4S. The molecule has 3 rings (SSSR count). The number of carboxylic acids is 1. The lowest BCUT2D eigenvalue weighted by molar-refractivity contribution is -0.136. The Morgan fingerprint density at radius 2 is 1.84 bits per heavy atom. The number of aliphatic carboxylic acids is 1.